The summed E-state index contributed by atoms with van der Waals surface area (Å²) in [5, 5.41) is 9.30. The highest BCUT2D eigenvalue weighted by molar-refractivity contribution is 5.82. The van der Waals surface area contributed by atoms with E-state index < -0.39 is 6.04 Å². The lowest BCUT2D eigenvalue weighted by atomic mass is 9.86. The van der Waals surface area contributed by atoms with E-state index in [9.17, 15) is 9.90 Å². The van der Waals surface area contributed by atoms with E-state index in [4.69, 9.17) is 5.73 Å². The third-order valence-electron chi connectivity index (χ3n) is 2.67. The SMILES string of the molecule is CC(C)(C)[C@H](N)C(=O)N1CCC(O)C1. The predicted octanol–water partition coefficient (Wildman–Crippen LogP) is -0.0470. The third-order valence-corrected chi connectivity index (χ3v) is 2.67. The van der Waals surface area contributed by atoms with Crippen molar-refractivity contribution in [2.75, 3.05) is 13.1 Å². The summed E-state index contributed by atoms with van der Waals surface area (Å²) in [6, 6.07) is -0.479. The van der Waals surface area contributed by atoms with Crippen LogP contribution in [0.2, 0.25) is 0 Å². The first-order valence-corrected chi connectivity index (χ1v) is 5.05. The summed E-state index contributed by atoms with van der Waals surface area (Å²) in [6.07, 6.45) is 0.300. The highest BCUT2D eigenvalue weighted by Crippen LogP contribution is 2.21. The summed E-state index contributed by atoms with van der Waals surface area (Å²) in [5.41, 5.74) is 5.63. The van der Waals surface area contributed by atoms with Crippen molar-refractivity contribution in [1.82, 2.24) is 4.90 Å². The molecule has 14 heavy (non-hydrogen) atoms. The van der Waals surface area contributed by atoms with Crippen LogP contribution >= 0.6 is 0 Å². The van der Waals surface area contributed by atoms with E-state index >= 15 is 0 Å². The minimum absolute atomic E-state index is 0.0472. The minimum Gasteiger partial charge on any atom is -0.391 e. The van der Waals surface area contributed by atoms with Crippen molar-refractivity contribution < 1.29 is 9.90 Å². The highest BCUT2D eigenvalue weighted by atomic mass is 16.3. The summed E-state index contributed by atoms with van der Waals surface area (Å²) >= 11 is 0. The van der Waals surface area contributed by atoms with E-state index in [1.54, 1.807) is 4.90 Å². The molecule has 1 saturated heterocycles. The van der Waals surface area contributed by atoms with Crippen molar-refractivity contribution in [3.63, 3.8) is 0 Å². The monoisotopic (exact) mass is 200 g/mol. The molecule has 3 N–H and O–H groups in total. The Morgan fingerprint density at radius 3 is 2.50 bits per heavy atom. The molecule has 4 nitrogen and oxygen atoms in total. The van der Waals surface area contributed by atoms with Gasteiger partial charge >= 0.3 is 0 Å². The molecule has 0 saturated carbocycles. The number of likely N-dealkylation sites (tertiary alicyclic amines) is 1. The number of hydrogen-bond donors (Lipinski definition) is 2. The van der Waals surface area contributed by atoms with E-state index in [-0.39, 0.29) is 17.4 Å². The molecule has 1 aliphatic rings. The largest absolute Gasteiger partial charge is 0.391 e. The quantitative estimate of drug-likeness (QED) is 0.624. The summed E-state index contributed by atoms with van der Waals surface area (Å²) < 4.78 is 0. The van der Waals surface area contributed by atoms with E-state index in [2.05, 4.69) is 0 Å². The van der Waals surface area contributed by atoms with Crippen LogP contribution in [0.3, 0.4) is 0 Å². The zero-order valence-corrected chi connectivity index (χ0v) is 9.16. The van der Waals surface area contributed by atoms with Crippen LogP contribution in [0.5, 0.6) is 0 Å². The average molecular weight is 200 g/mol. The maximum absolute atomic E-state index is 11.8. The fourth-order valence-electron chi connectivity index (χ4n) is 1.51. The smallest absolute Gasteiger partial charge is 0.240 e. The fraction of sp³-hybridized carbons (Fsp3) is 0.900. The van der Waals surface area contributed by atoms with E-state index in [1.165, 1.54) is 0 Å². The standard InChI is InChI=1S/C10H20N2O2/c1-10(2,3)8(11)9(14)12-5-4-7(13)6-12/h7-8,13H,4-6,11H2,1-3H3/t7?,8-/m1/s1. The van der Waals surface area contributed by atoms with Gasteiger partial charge in [0, 0.05) is 13.1 Å². The molecule has 0 spiro atoms. The molecule has 2 atom stereocenters. The van der Waals surface area contributed by atoms with Gasteiger partial charge in [0.2, 0.25) is 5.91 Å². The van der Waals surface area contributed by atoms with Gasteiger partial charge in [-0.1, -0.05) is 20.8 Å². The van der Waals surface area contributed by atoms with Crippen molar-refractivity contribution in [3.05, 3.63) is 0 Å². The van der Waals surface area contributed by atoms with Crippen LogP contribution in [-0.4, -0.2) is 41.1 Å². The zero-order valence-electron chi connectivity index (χ0n) is 9.16. The Morgan fingerprint density at radius 1 is 1.57 bits per heavy atom. The number of nitrogens with zero attached hydrogens (tertiary/aromatic N) is 1. The second-order valence-electron chi connectivity index (χ2n) is 5.07. The lowest BCUT2D eigenvalue weighted by molar-refractivity contribution is -0.134. The summed E-state index contributed by atoms with van der Waals surface area (Å²) in [5.74, 6) is -0.0472. The second-order valence-corrected chi connectivity index (χ2v) is 5.07. The lowest BCUT2D eigenvalue weighted by Crippen LogP contribution is -2.49. The van der Waals surface area contributed by atoms with Gasteiger partial charge in [-0.15, -0.1) is 0 Å². The molecule has 0 aromatic carbocycles. The Labute approximate surface area is 85.1 Å². The molecule has 0 aliphatic carbocycles. The fourth-order valence-corrected chi connectivity index (χ4v) is 1.51. The van der Waals surface area contributed by atoms with Crippen molar-refractivity contribution >= 4 is 5.91 Å². The lowest BCUT2D eigenvalue weighted by Gasteiger charge is -2.29. The maximum Gasteiger partial charge on any atom is 0.240 e. The summed E-state index contributed by atoms with van der Waals surface area (Å²) in [7, 11) is 0. The molecular weight excluding hydrogens is 180 g/mol. The molecule has 1 heterocycles. The Hall–Kier alpha value is -0.610. The molecule has 0 bridgehead atoms. The molecule has 4 heteroatoms. The van der Waals surface area contributed by atoms with Gasteiger partial charge < -0.3 is 15.7 Å². The molecule has 0 aromatic rings. The highest BCUT2D eigenvalue weighted by Gasteiger charge is 2.34. The number of amides is 1. The van der Waals surface area contributed by atoms with Crippen LogP contribution in [0, 0.1) is 5.41 Å². The Bertz CT molecular complexity index is 223. The molecular formula is C10H20N2O2. The van der Waals surface area contributed by atoms with Crippen LogP contribution < -0.4 is 5.73 Å². The second kappa shape index (κ2) is 3.87. The van der Waals surface area contributed by atoms with Gasteiger partial charge in [-0.05, 0) is 11.8 Å². The van der Waals surface area contributed by atoms with Crippen LogP contribution in [-0.2, 0) is 4.79 Å². The number of β-amino-alcohol motifs (C(OH)–C–C–N with tert-alkyl or cyclic N) is 1. The number of nitrogens with two attached hydrogens (primary N) is 1. The van der Waals surface area contributed by atoms with E-state index in [1.807, 2.05) is 20.8 Å². The number of rotatable bonds is 1. The van der Waals surface area contributed by atoms with Gasteiger partial charge in [0.1, 0.15) is 0 Å². The number of aliphatic hydroxyl groups is 1. The first-order valence-electron chi connectivity index (χ1n) is 5.05. The topological polar surface area (TPSA) is 66.6 Å². The molecule has 1 amide bonds. The van der Waals surface area contributed by atoms with E-state index in [0.29, 0.717) is 19.5 Å². The molecule has 0 radical (unpaired) electrons. The molecule has 82 valence electrons. The van der Waals surface area contributed by atoms with Gasteiger partial charge in [-0.2, -0.15) is 0 Å². The number of aliphatic hydroxyl groups excluding tert-OH is 1. The van der Waals surface area contributed by atoms with Gasteiger partial charge in [0.15, 0.2) is 0 Å². The van der Waals surface area contributed by atoms with Crippen LogP contribution in [0.4, 0.5) is 0 Å². The van der Waals surface area contributed by atoms with E-state index in [0.717, 1.165) is 0 Å². The van der Waals surface area contributed by atoms with Crippen LogP contribution in [0.1, 0.15) is 27.2 Å². The molecule has 1 fully saturated rings. The van der Waals surface area contributed by atoms with Gasteiger partial charge in [-0.25, -0.2) is 0 Å². The van der Waals surface area contributed by atoms with Gasteiger partial charge in [0.05, 0.1) is 12.1 Å². The van der Waals surface area contributed by atoms with Crippen molar-refractivity contribution in [3.8, 4) is 0 Å². The number of hydrogen-bond acceptors (Lipinski definition) is 3. The number of carbonyl (C=O) groups excluding carboxylic acids is 1. The molecule has 1 aliphatic heterocycles. The first kappa shape index (κ1) is 11.5. The van der Waals surface area contributed by atoms with Gasteiger partial charge in [0.25, 0.3) is 0 Å². The Balaban J connectivity index is 2.57. The Morgan fingerprint density at radius 2 is 2.14 bits per heavy atom. The van der Waals surface area contributed by atoms with Crippen molar-refractivity contribution in [2.45, 2.75) is 39.3 Å². The van der Waals surface area contributed by atoms with Crippen LogP contribution in [0.25, 0.3) is 0 Å². The normalized spacial score (nSPS) is 25.2. The predicted molar refractivity (Wildman–Crippen MR) is 54.6 cm³/mol. The summed E-state index contributed by atoms with van der Waals surface area (Å²) in [4.78, 5) is 13.5. The van der Waals surface area contributed by atoms with Crippen molar-refractivity contribution in [2.24, 2.45) is 11.1 Å². The van der Waals surface area contributed by atoms with Crippen molar-refractivity contribution in [1.29, 1.82) is 0 Å². The molecule has 0 aromatic heterocycles. The minimum atomic E-state index is -0.479. The molecule has 1 unspecified atom stereocenters. The zero-order chi connectivity index (χ0) is 10.9. The molecule has 1 rings (SSSR count). The third kappa shape index (κ3) is 2.45. The average Bonchev–Trinajstić information content (AvgIpc) is 2.47. The van der Waals surface area contributed by atoms with Gasteiger partial charge in [-0.3, -0.25) is 4.79 Å². The van der Waals surface area contributed by atoms with Crippen LogP contribution in [0.15, 0.2) is 0 Å². The number of carbonyl (C=O) groups is 1. The maximum atomic E-state index is 11.8. The summed E-state index contributed by atoms with van der Waals surface area (Å²) in [6.45, 7) is 6.90. The first-order chi connectivity index (χ1) is 6.32. The Kier molecular flexibility index (Phi) is 3.17.